The summed E-state index contributed by atoms with van der Waals surface area (Å²) in [6.45, 7) is 2.11. The van der Waals surface area contributed by atoms with Crippen molar-refractivity contribution in [3.8, 4) is 0 Å². The van der Waals surface area contributed by atoms with Gasteiger partial charge in [-0.1, -0.05) is 53.0 Å². The molecule has 0 heterocycles. The van der Waals surface area contributed by atoms with Gasteiger partial charge in [-0.15, -0.1) is 0 Å². The van der Waals surface area contributed by atoms with Crippen molar-refractivity contribution in [2.24, 2.45) is 5.92 Å². The van der Waals surface area contributed by atoms with E-state index in [1.54, 1.807) is 18.2 Å². The van der Waals surface area contributed by atoms with Gasteiger partial charge in [-0.2, -0.15) is 0 Å². The highest BCUT2D eigenvalue weighted by Crippen LogP contribution is 2.22. The zero-order valence-corrected chi connectivity index (χ0v) is 10.4. The summed E-state index contributed by atoms with van der Waals surface area (Å²) in [4.78, 5) is 0. The van der Waals surface area contributed by atoms with Crippen LogP contribution in [0.3, 0.4) is 0 Å². The van der Waals surface area contributed by atoms with Crippen LogP contribution < -0.4 is 0 Å². The molecular weight excluding hydrogens is 266 g/mol. The van der Waals surface area contributed by atoms with Gasteiger partial charge in [0, 0.05) is 5.33 Å². The average molecular weight is 280 g/mol. The first-order valence-corrected chi connectivity index (χ1v) is 6.17. The third-order valence-electron chi connectivity index (χ3n) is 2.34. The fraction of sp³-hybridized carbons (Fsp3) is 0.455. The Balaban J connectivity index is 2.80. The second kappa shape index (κ2) is 5.72. The summed E-state index contributed by atoms with van der Waals surface area (Å²) in [6, 6.07) is 5.17. The van der Waals surface area contributed by atoms with Crippen molar-refractivity contribution in [1.82, 2.24) is 0 Å². The Bertz CT molecular complexity index is 297. The molecule has 0 bridgehead atoms. The number of rotatable bonds is 4. The van der Waals surface area contributed by atoms with Crippen molar-refractivity contribution in [2.75, 3.05) is 5.33 Å². The molecule has 3 heteroatoms. The first-order chi connectivity index (χ1) is 6.69. The molecule has 0 N–H and O–H groups in total. The van der Waals surface area contributed by atoms with E-state index in [0.29, 0.717) is 11.5 Å². The highest BCUT2D eigenvalue weighted by molar-refractivity contribution is 9.09. The van der Waals surface area contributed by atoms with Crippen molar-refractivity contribution in [1.29, 1.82) is 0 Å². The first kappa shape index (κ1) is 12.0. The largest absolute Gasteiger partial charge is 0.205 e. The number of hydrogen-bond donors (Lipinski definition) is 0. The fourth-order valence-corrected chi connectivity index (χ4v) is 2.21. The van der Waals surface area contributed by atoms with Crippen molar-refractivity contribution < 1.29 is 4.39 Å². The van der Waals surface area contributed by atoms with Gasteiger partial charge in [0.2, 0.25) is 0 Å². The Hall–Kier alpha value is -0.0800. The van der Waals surface area contributed by atoms with Gasteiger partial charge in [-0.3, -0.25) is 0 Å². The van der Waals surface area contributed by atoms with Gasteiger partial charge in [-0.05, 0) is 24.0 Å². The van der Waals surface area contributed by atoms with E-state index in [1.165, 1.54) is 0 Å². The lowest BCUT2D eigenvalue weighted by Crippen LogP contribution is -2.06. The Labute approximate surface area is 97.6 Å². The molecule has 0 radical (unpaired) electrons. The summed E-state index contributed by atoms with van der Waals surface area (Å²) >= 11 is 9.12. The van der Waals surface area contributed by atoms with Gasteiger partial charge in [0.05, 0.1) is 5.02 Å². The Morgan fingerprint density at radius 1 is 1.50 bits per heavy atom. The molecule has 1 rings (SSSR count). The molecule has 14 heavy (non-hydrogen) atoms. The molecule has 1 aromatic rings. The Morgan fingerprint density at radius 2 is 2.21 bits per heavy atom. The van der Waals surface area contributed by atoms with Crippen LogP contribution in [0.25, 0.3) is 0 Å². The number of halogens is 3. The predicted octanol–water partition coefficient (Wildman–Crippen LogP) is 4.44. The molecule has 1 aromatic carbocycles. The molecule has 0 aromatic heterocycles. The highest BCUT2D eigenvalue weighted by Gasteiger charge is 2.11. The summed E-state index contributed by atoms with van der Waals surface area (Å²) in [7, 11) is 0. The van der Waals surface area contributed by atoms with Crippen LogP contribution in [0.1, 0.15) is 18.9 Å². The molecule has 0 nitrogen and oxygen atoms in total. The van der Waals surface area contributed by atoms with Crippen molar-refractivity contribution in [3.63, 3.8) is 0 Å². The van der Waals surface area contributed by atoms with E-state index >= 15 is 0 Å². The van der Waals surface area contributed by atoms with E-state index in [2.05, 4.69) is 22.9 Å². The monoisotopic (exact) mass is 278 g/mol. The first-order valence-electron chi connectivity index (χ1n) is 4.67. The molecule has 0 spiro atoms. The molecule has 0 saturated heterocycles. The molecule has 1 unspecified atom stereocenters. The van der Waals surface area contributed by atoms with Crippen LogP contribution in [0, 0.1) is 11.7 Å². The average Bonchev–Trinajstić information content (AvgIpc) is 2.20. The minimum absolute atomic E-state index is 0.215. The van der Waals surface area contributed by atoms with Gasteiger partial charge in [-0.25, -0.2) is 4.39 Å². The van der Waals surface area contributed by atoms with Crippen LogP contribution >= 0.6 is 27.5 Å². The van der Waals surface area contributed by atoms with Crippen LogP contribution in [0.15, 0.2) is 18.2 Å². The Morgan fingerprint density at radius 3 is 2.79 bits per heavy atom. The molecule has 78 valence electrons. The van der Waals surface area contributed by atoms with Crippen LogP contribution in [0.2, 0.25) is 5.02 Å². The third kappa shape index (κ3) is 2.96. The molecule has 1 atom stereocenters. The lowest BCUT2D eigenvalue weighted by molar-refractivity contribution is 0.540. The number of alkyl halides is 1. The van der Waals surface area contributed by atoms with E-state index < -0.39 is 0 Å². The zero-order chi connectivity index (χ0) is 10.6. The predicted molar refractivity (Wildman–Crippen MR) is 62.7 cm³/mol. The second-order valence-corrected chi connectivity index (χ2v) is 4.40. The maximum atomic E-state index is 13.5. The highest BCUT2D eigenvalue weighted by atomic mass is 79.9. The summed E-state index contributed by atoms with van der Waals surface area (Å²) in [5.74, 6) is 0.205. The quantitative estimate of drug-likeness (QED) is 0.715. The standard InChI is InChI=1S/C11H13BrClF/c1-2-8(7-12)6-9-4-3-5-10(13)11(9)14/h3-5,8H,2,6-7H2,1H3. The molecule has 0 aliphatic carbocycles. The minimum atomic E-state index is -0.270. The van der Waals surface area contributed by atoms with Crippen LogP contribution in [0.5, 0.6) is 0 Å². The zero-order valence-electron chi connectivity index (χ0n) is 8.06. The van der Waals surface area contributed by atoms with Gasteiger partial charge < -0.3 is 0 Å². The van der Waals surface area contributed by atoms with E-state index in [4.69, 9.17) is 11.6 Å². The van der Waals surface area contributed by atoms with Crippen LogP contribution in [-0.4, -0.2) is 5.33 Å². The van der Waals surface area contributed by atoms with Crippen LogP contribution in [0.4, 0.5) is 4.39 Å². The van der Waals surface area contributed by atoms with E-state index in [1.807, 2.05) is 0 Å². The van der Waals surface area contributed by atoms with E-state index in [9.17, 15) is 4.39 Å². The minimum Gasteiger partial charge on any atom is -0.205 e. The number of hydrogen-bond acceptors (Lipinski definition) is 0. The van der Waals surface area contributed by atoms with Gasteiger partial charge in [0.15, 0.2) is 0 Å². The van der Waals surface area contributed by atoms with Gasteiger partial charge in [0.1, 0.15) is 5.82 Å². The topological polar surface area (TPSA) is 0 Å². The van der Waals surface area contributed by atoms with Crippen LogP contribution in [-0.2, 0) is 6.42 Å². The van der Waals surface area contributed by atoms with Gasteiger partial charge >= 0.3 is 0 Å². The lowest BCUT2D eigenvalue weighted by atomic mass is 9.98. The molecule has 0 fully saturated rings. The summed E-state index contributed by atoms with van der Waals surface area (Å²) in [5, 5.41) is 1.11. The molecular formula is C11H13BrClF. The SMILES string of the molecule is CCC(CBr)Cc1cccc(Cl)c1F. The van der Waals surface area contributed by atoms with E-state index in [-0.39, 0.29) is 10.8 Å². The van der Waals surface area contributed by atoms with Crippen molar-refractivity contribution >= 4 is 27.5 Å². The van der Waals surface area contributed by atoms with Gasteiger partial charge in [0.25, 0.3) is 0 Å². The number of benzene rings is 1. The lowest BCUT2D eigenvalue weighted by Gasteiger charge is -2.12. The summed E-state index contributed by atoms with van der Waals surface area (Å²) in [6.07, 6.45) is 1.78. The second-order valence-electron chi connectivity index (χ2n) is 3.35. The van der Waals surface area contributed by atoms with Crippen molar-refractivity contribution in [3.05, 3.63) is 34.6 Å². The maximum Gasteiger partial charge on any atom is 0.144 e. The molecule has 0 amide bonds. The smallest absolute Gasteiger partial charge is 0.144 e. The normalized spacial score (nSPS) is 12.9. The molecule has 0 aliphatic heterocycles. The summed E-state index contributed by atoms with van der Waals surface area (Å²) < 4.78 is 13.5. The van der Waals surface area contributed by atoms with E-state index in [0.717, 1.165) is 18.2 Å². The third-order valence-corrected chi connectivity index (χ3v) is 3.54. The Kier molecular flexibility index (Phi) is 4.90. The van der Waals surface area contributed by atoms with Crippen molar-refractivity contribution in [2.45, 2.75) is 19.8 Å². The summed E-state index contributed by atoms with van der Waals surface area (Å²) in [5.41, 5.74) is 0.712. The molecule has 0 aliphatic rings. The molecule has 0 saturated carbocycles. The maximum absolute atomic E-state index is 13.5. The fourth-order valence-electron chi connectivity index (χ4n) is 1.33.